The Morgan fingerprint density at radius 2 is 2.14 bits per heavy atom. The van der Waals surface area contributed by atoms with Crippen LogP contribution in [-0.2, 0) is 0 Å². The summed E-state index contributed by atoms with van der Waals surface area (Å²) in [5, 5.41) is 12.4. The summed E-state index contributed by atoms with van der Waals surface area (Å²) >= 11 is 0. The van der Waals surface area contributed by atoms with E-state index in [-0.39, 0.29) is 11.7 Å². The van der Waals surface area contributed by atoms with Crippen molar-refractivity contribution in [1.29, 1.82) is 0 Å². The lowest BCUT2D eigenvalue weighted by atomic mass is 10.1. The van der Waals surface area contributed by atoms with Gasteiger partial charge >= 0.3 is 0 Å². The normalized spacial score (nSPS) is 11.6. The fourth-order valence-electron chi connectivity index (χ4n) is 2.15. The van der Waals surface area contributed by atoms with E-state index < -0.39 is 0 Å². The van der Waals surface area contributed by atoms with Crippen LogP contribution >= 0.6 is 0 Å². The van der Waals surface area contributed by atoms with E-state index in [4.69, 9.17) is 10.9 Å². The Labute approximate surface area is 122 Å². The van der Waals surface area contributed by atoms with Crippen molar-refractivity contribution >= 4 is 22.6 Å². The number of fused-ring (bicyclic) bond motifs is 1. The van der Waals surface area contributed by atoms with Crippen molar-refractivity contribution < 1.29 is 10.0 Å². The van der Waals surface area contributed by atoms with Gasteiger partial charge in [0.25, 0.3) is 5.91 Å². The highest BCUT2D eigenvalue weighted by Gasteiger charge is 2.17. The molecule has 0 fully saturated rings. The summed E-state index contributed by atoms with van der Waals surface area (Å²) in [5.41, 5.74) is 6.71. The zero-order valence-corrected chi connectivity index (χ0v) is 11.9. The number of para-hydroxylation sites is 1. The maximum absolute atomic E-state index is 12.6. The molecule has 0 radical (unpaired) electrons. The van der Waals surface area contributed by atoms with Gasteiger partial charge in [0.2, 0.25) is 0 Å². The van der Waals surface area contributed by atoms with Gasteiger partial charge in [-0.25, -0.2) is 0 Å². The molecule has 0 unspecified atom stereocenters. The van der Waals surface area contributed by atoms with Gasteiger partial charge in [-0.2, -0.15) is 0 Å². The van der Waals surface area contributed by atoms with Gasteiger partial charge in [0, 0.05) is 31.1 Å². The second-order valence-electron chi connectivity index (χ2n) is 4.61. The zero-order valence-electron chi connectivity index (χ0n) is 11.9. The molecule has 1 aromatic heterocycles. The lowest BCUT2D eigenvalue weighted by Crippen LogP contribution is -2.34. The van der Waals surface area contributed by atoms with Gasteiger partial charge in [-0.1, -0.05) is 23.4 Å². The van der Waals surface area contributed by atoms with E-state index >= 15 is 0 Å². The molecule has 0 saturated carbocycles. The first-order valence-electron chi connectivity index (χ1n) is 6.76. The van der Waals surface area contributed by atoms with E-state index in [1.165, 1.54) is 0 Å². The molecule has 2 aromatic rings. The molecular weight excluding hydrogens is 268 g/mol. The van der Waals surface area contributed by atoms with Crippen molar-refractivity contribution in [2.24, 2.45) is 10.9 Å². The Morgan fingerprint density at radius 3 is 2.86 bits per heavy atom. The molecule has 0 bridgehead atoms. The van der Waals surface area contributed by atoms with Crippen LogP contribution in [0.1, 0.15) is 23.7 Å². The van der Waals surface area contributed by atoms with E-state index in [2.05, 4.69) is 10.1 Å². The van der Waals surface area contributed by atoms with Crippen LogP contribution in [0.15, 0.2) is 41.7 Å². The summed E-state index contributed by atoms with van der Waals surface area (Å²) in [6.07, 6.45) is 2.00. The molecule has 1 amide bonds. The van der Waals surface area contributed by atoms with Gasteiger partial charge < -0.3 is 15.8 Å². The average molecular weight is 286 g/mol. The van der Waals surface area contributed by atoms with Crippen LogP contribution in [0.3, 0.4) is 0 Å². The number of benzene rings is 1. The number of amides is 1. The minimum Gasteiger partial charge on any atom is -0.409 e. The monoisotopic (exact) mass is 286 g/mol. The Bertz CT molecular complexity index is 664. The third kappa shape index (κ3) is 3.28. The smallest absolute Gasteiger partial charge is 0.256 e. The molecule has 0 saturated heterocycles. The highest BCUT2D eigenvalue weighted by atomic mass is 16.4. The van der Waals surface area contributed by atoms with Crippen molar-refractivity contribution in [1.82, 2.24) is 9.88 Å². The molecule has 6 heteroatoms. The molecule has 0 aliphatic heterocycles. The first-order chi connectivity index (χ1) is 10.2. The van der Waals surface area contributed by atoms with E-state index in [1.54, 1.807) is 17.2 Å². The van der Waals surface area contributed by atoms with Crippen molar-refractivity contribution in [2.45, 2.75) is 13.3 Å². The molecule has 0 atom stereocenters. The molecule has 0 spiro atoms. The van der Waals surface area contributed by atoms with E-state index in [1.807, 2.05) is 31.2 Å². The van der Waals surface area contributed by atoms with Gasteiger partial charge in [0.05, 0.1) is 11.1 Å². The molecule has 21 heavy (non-hydrogen) atoms. The quantitative estimate of drug-likeness (QED) is 0.379. The van der Waals surface area contributed by atoms with Crippen molar-refractivity contribution in [3.05, 3.63) is 42.1 Å². The molecule has 0 aliphatic carbocycles. The summed E-state index contributed by atoms with van der Waals surface area (Å²) in [7, 11) is 0. The summed E-state index contributed by atoms with van der Waals surface area (Å²) in [6, 6.07) is 9.29. The fourth-order valence-corrected chi connectivity index (χ4v) is 2.15. The molecule has 1 heterocycles. The zero-order chi connectivity index (χ0) is 15.2. The number of oxime groups is 1. The fraction of sp³-hybridized carbons (Fsp3) is 0.267. The maximum atomic E-state index is 12.6. The second kappa shape index (κ2) is 6.69. The van der Waals surface area contributed by atoms with Gasteiger partial charge in [-0.05, 0) is 19.1 Å². The molecule has 0 aliphatic rings. The predicted molar refractivity (Wildman–Crippen MR) is 81.3 cm³/mol. The van der Waals surface area contributed by atoms with Crippen LogP contribution in [0.2, 0.25) is 0 Å². The molecule has 110 valence electrons. The second-order valence-corrected chi connectivity index (χ2v) is 4.61. The Hall–Kier alpha value is -2.63. The van der Waals surface area contributed by atoms with Gasteiger partial charge in [-0.15, -0.1) is 0 Å². The lowest BCUT2D eigenvalue weighted by Gasteiger charge is -2.21. The van der Waals surface area contributed by atoms with Crippen LogP contribution in [-0.4, -0.2) is 39.9 Å². The molecule has 3 N–H and O–H groups in total. The Kier molecular flexibility index (Phi) is 4.71. The van der Waals surface area contributed by atoms with Crippen molar-refractivity contribution in [3.8, 4) is 0 Å². The van der Waals surface area contributed by atoms with Crippen LogP contribution in [0.4, 0.5) is 0 Å². The first-order valence-corrected chi connectivity index (χ1v) is 6.76. The van der Waals surface area contributed by atoms with Crippen LogP contribution in [0.5, 0.6) is 0 Å². The minimum atomic E-state index is -0.104. The van der Waals surface area contributed by atoms with Crippen molar-refractivity contribution in [2.75, 3.05) is 13.1 Å². The number of nitrogens with two attached hydrogens (primary N) is 1. The number of nitrogens with zero attached hydrogens (tertiary/aromatic N) is 3. The maximum Gasteiger partial charge on any atom is 0.256 e. The minimum absolute atomic E-state index is 0.104. The Morgan fingerprint density at radius 1 is 1.38 bits per heavy atom. The number of hydrogen-bond donors (Lipinski definition) is 2. The number of carbonyl (C=O) groups is 1. The Balaban J connectivity index is 2.27. The van der Waals surface area contributed by atoms with Crippen molar-refractivity contribution in [3.63, 3.8) is 0 Å². The average Bonchev–Trinajstić information content (AvgIpc) is 2.54. The SMILES string of the molecule is CCN(CCC(N)=NO)C(=O)c1cccc2cccnc12. The summed E-state index contributed by atoms with van der Waals surface area (Å²) in [4.78, 5) is 18.6. The van der Waals surface area contributed by atoms with E-state index in [0.29, 0.717) is 30.6 Å². The number of carbonyl (C=O) groups excluding carboxylic acids is 1. The van der Waals surface area contributed by atoms with Crippen LogP contribution < -0.4 is 5.73 Å². The first kappa shape index (κ1) is 14.8. The molecule has 1 aromatic carbocycles. The molecule has 2 rings (SSSR count). The number of hydrogen-bond acceptors (Lipinski definition) is 4. The summed E-state index contributed by atoms with van der Waals surface area (Å²) in [5.74, 6) is 0.00448. The van der Waals surface area contributed by atoms with Gasteiger partial charge in [-0.3, -0.25) is 9.78 Å². The highest BCUT2D eigenvalue weighted by molar-refractivity contribution is 6.05. The van der Waals surface area contributed by atoms with E-state index in [9.17, 15) is 4.79 Å². The number of pyridine rings is 1. The standard InChI is InChI=1S/C15H18N4O2/c1-2-19(10-8-13(16)18-21)15(20)12-7-3-5-11-6-4-9-17-14(11)12/h3-7,9,21H,2,8,10H2,1H3,(H2,16,18). The largest absolute Gasteiger partial charge is 0.409 e. The molecular formula is C15H18N4O2. The number of amidine groups is 1. The predicted octanol–water partition coefficient (Wildman–Crippen LogP) is 1.83. The lowest BCUT2D eigenvalue weighted by molar-refractivity contribution is 0.0770. The van der Waals surface area contributed by atoms with E-state index in [0.717, 1.165) is 5.39 Å². The van der Waals surface area contributed by atoms with Gasteiger partial charge in [0.1, 0.15) is 5.84 Å². The number of aromatic nitrogens is 1. The summed E-state index contributed by atoms with van der Waals surface area (Å²) in [6.45, 7) is 2.83. The van der Waals surface area contributed by atoms with Crippen LogP contribution in [0.25, 0.3) is 10.9 Å². The number of rotatable bonds is 5. The third-order valence-corrected chi connectivity index (χ3v) is 3.30. The highest BCUT2D eigenvalue weighted by Crippen LogP contribution is 2.17. The molecule has 6 nitrogen and oxygen atoms in total. The third-order valence-electron chi connectivity index (χ3n) is 3.30. The topological polar surface area (TPSA) is 91.8 Å². The van der Waals surface area contributed by atoms with Gasteiger partial charge in [0.15, 0.2) is 0 Å². The van der Waals surface area contributed by atoms with Crippen LogP contribution in [0, 0.1) is 0 Å². The summed E-state index contributed by atoms with van der Waals surface area (Å²) < 4.78 is 0.